The summed E-state index contributed by atoms with van der Waals surface area (Å²) in [5, 5.41) is 10.7. The molecule has 5 nitrogen and oxygen atoms in total. The number of nitrogens with zero attached hydrogens (tertiary/aromatic N) is 1. The molecule has 5 rings (SSSR count). The first-order valence-electron chi connectivity index (χ1n) is 12.4. The molecule has 1 heterocycles. The Morgan fingerprint density at radius 1 is 0.972 bits per heavy atom. The number of allylic oxidation sites excluding steroid dienone is 1. The van der Waals surface area contributed by atoms with Gasteiger partial charge in [-0.3, -0.25) is 0 Å². The van der Waals surface area contributed by atoms with Crippen molar-refractivity contribution in [1.82, 2.24) is 4.98 Å². The number of carbonyl (C=O) groups is 1. The Balaban J connectivity index is 1.43. The maximum Gasteiger partial charge on any atom is 0.220 e. The number of aliphatic carboxylic acids is 1. The minimum Gasteiger partial charge on any atom is -0.546 e. The van der Waals surface area contributed by atoms with E-state index in [2.05, 4.69) is 24.3 Å². The third-order valence-electron chi connectivity index (χ3n) is 6.57. The highest BCUT2D eigenvalue weighted by Gasteiger charge is 2.22. The van der Waals surface area contributed by atoms with Gasteiger partial charge in [0.2, 0.25) is 5.89 Å². The zero-order chi connectivity index (χ0) is 24.7. The number of carbonyl (C=O) groups excluding carboxylic acids is 1. The SMILES string of the molecule is O=C([O-])COc1cccc(CC2CCCC/C2=C/c2nc(-c3ccccc3)c(-c3ccccc3)o2)c1. The van der Waals surface area contributed by atoms with Crippen molar-refractivity contribution in [2.75, 3.05) is 6.61 Å². The summed E-state index contributed by atoms with van der Waals surface area (Å²) in [6.07, 6.45) is 7.40. The van der Waals surface area contributed by atoms with Gasteiger partial charge in [-0.2, -0.15) is 0 Å². The third kappa shape index (κ3) is 5.74. The molecule has 3 aromatic carbocycles. The van der Waals surface area contributed by atoms with Crippen LogP contribution >= 0.6 is 0 Å². The van der Waals surface area contributed by atoms with Crippen molar-refractivity contribution in [3.05, 3.63) is 102 Å². The van der Waals surface area contributed by atoms with E-state index in [1.54, 1.807) is 6.07 Å². The quantitative estimate of drug-likeness (QED) is 0.313. The number of hydrogen-bond donors (Lipinski definition) is 0. The molecule has 1 aliphatic carbocycles. The smallest absolute Gasteiger partial charge is 0.220 e. The Kier molecular flexibility index (Phi) is 7.27. The van der Waals surface area contributed by atoms with Crippen LogP contribution in [0.4, 0.5) is 0 Å². The van der Waals surface area contributed by atoms with Crippen LogP contribution in [0.2, 0.25) is 0 Å². The van der Waals surface area contributed by atoms with E-state index in [4.69, 9.17) is 14.1 Å². The van der Waals surface area contributed by atoms with E-state index < -0.39 is 12.6 Å². The fourth-order valence-corrected chi connectivity index (χ4v) is 4.86. The second-order valence-corrected chi connectivity index (χ2v) is 9.14. The van der Waals surface area contributed by atoms with Crippen molar-refractivity contribution in [2.24, 2.45) is 5.92 Å². The number of aromatic nitrogens is 1. The van der Waals surface area contributed by atoms with Crippen molar-refractivity contribution >= 4 is 12.0 Å². The van der Waals surface area contributed by atoms with E-state index >= 15 is 0 Å². The fourth-order valence-electron chi connectivity index (χ4n) is 4.86. The standard InChI is InChI=1S/C31H29NO4/c33-29(34)21-35-27-17-9-10-22(19-27)18-25-15-7-8-16-26(25)20-28-32-30(23-11-3-1-4-12-23)31(36-28)24-13-5-2-6-14-24/h1-6,9-14,17,19-20,25H,7-8,15-16,18,21H2,(H,33,34)/p-1/b26-20-. The molecule has 1 unspecified atom stereocenters. The van der Waals surface area contributed by atoms with Gasteiger partial charge in [-0.1, -0.05) is 84.8 Å². The van der Waals surface area contributed by atoms with E-state index in [0.717, 1.165) is 53.8 Å². The van der Waals surface area contributed by atoms with Crippen LogP contribution < -0.4 is 9.84 Å². The molecular weight excluding hydrogens is 450 g/mol. The van der Waals surface area contributed by atoms with Crippen LogP contribution in [-0.2, 0) is 11.2 Å². The predicted molar refractivity (Wildman–Crippen MR) is 138 cm³/mol. The number of hydrogen-bond acceptors (Lipinski definition) is 5. The minimum atomic E-state index is -1.23. The Morgan fingerprint density at radius 3 is 2.47 bits per heavy atom. The summed E-state index contributed by atoms with van der Waals surface area (Å²) < 4.78 is 11.7. The molecule has 4 aromatic rings. The average Bonchev–Trinajstić information content (AvgIpc) is 3.34. The molecule has 0 bridgehead atoms. The molecule has 182 valence electrons. The Morgan fingerprint density at radius 2 is 1.72 bits per heavy atom. The van der Waals surface area contributed by atoms with E-state index in [1.807, 2.05) is 60.7 Å². The summed E-state index contributed by atoms with van der Waals surface area (Å²) in [5.74, 6) is 1.08. The lowest BCUT2D eigenvalue weighted by Gasteiger charge is -2.25. The maximum absolute atomic E-state index is 10.7. The van der Waals surface area contributed by atoms with E-state index in [-0.39, 0.29) is 0 Å². The molecular formula is C31H28NO4-. The van der Waals surface area contributed by atoms with Gasteiger partial charge in [0.1, 0.15) is 18.1 Å². The van der Waals surface area contributed by atoms with Crippen molar-refractivity contribution in [3.63, 3.8) is 0 Å². The number of benzene rings is 3. The molecule has 5 heteroatoms. The molecule has 1 saturated carbocycles. The first-order chi connectivity index (χ1) is 17.7. The second kappa shape index (κ2) is 11.1. The lowest BCUT2D eigenvalue weighted by atomic mass is 9.80. The van der Waals surface area contributed by atoms with E-state index in [1.165, 1.54) is 12.0 Å². The Labute approximate surface area is 211 Å². The summed E-state index contributed by atoms with van der Waals surface area (Å²) in [7, 11) is 0. The highest BCUT2D eigenvalue weighted by Crippen LogP contribution is 2.37. The number of carboxylic acids is 1. The second-order valence-electron chi connectivity index (χ2n) is 9.14. The van der Waals surface area contributed by atoms with Gasteiger partial charge in [-0.15, -0.1) is 0 Å². The lowest BCUT2D eigenvalue weighted by Crippen LogP contribution is -2.28. The summed E-state index contributed by atoms with van der Waals surface area (Å²) >= 11 is 0. The van der Waals surface area contributed by atoms with Crippen LogP contribution in [0.3, 0.4) is 0 Å². The van der Waals surface area contributed by atoms with E-state index in [9.17, 15) is 9.90 Å². The maximum atomic E-state index is 10.7. The van der Waals surface area contributed by atoms with Crippen LogP contribution in [0.25, 0.3) is 28.7 Å². The molecule has 1 fully saturated rings. The molecule has 0 spiro atoms. The predicted octanol–water partition coefficient (Wildman–Crippen LogP) is 5.95. The summed E-state index contributed by atoms with van der Waals surface area (Å²) in [4.78, 5) is 15.7. The molecule has 0 N–H and O–H groups in total. The van der Waals surface area contributed by atoms with Gasteiger partial charge >= 0.3 is 0 Å². The Bertz CT molecular complexity index is 1280. The highest BCUT2D eigenvalue weighted by molar-refractivity contribution is 5.77. The first-order valence-corrected chi connectivity index (χ1v) is 12.4. The normalized spacial score (nSPS) is 16.7. The topological polar surface area (TPSA) is 75.4 Å². The zero-order valence-electron chi connectivity index (χ0n) is 20.1. The van der Waals surface area contributed by atoms with Gasteiger partial charge in [0.05, 0.1) is 5.97 Å². The summed E-state index contributed by atoms with van der Waals surface area (Å²) in [6, 6.07) is 27.9. The lowest BCUT2D eigenvalue weighted by molar-refractivity contribution is -0.307. The van der Waals surface area contributed by atoms with Crippen LogP contribution in [-0.4, -0.2) is 17.6 Å². The number of carboxylic acid groups (broad SMARTS) is 1. The molecule has 0 amide bonds. The first kappa shape index (κ1) is 23.6. The molecule has 0 saturated heterocycles. The van der Waals surface area contributed by atoms with Crippen molar-refractivity contribution in [1.29, 1.82) is 0 Å². The molecule has 1 aliphatic rings. The van der Waals surface area contributed by atoms with E-state index in [0.29, 0.717) is 17.6 Å². The number of oxazole rings is 1. The van der Waals surface area contributed by atoms with Crippen molar-refractivity contribution < 1.29 is 19.1 Å². The van der Waals surface area contributed by atoms with Crippen LogP contribution in [0, 0.1) is 5.92 Å². The Hall–Kier alpha value is -4.12. The van der Waals surface area contributed by atoms with Gasteiger partial charge in [0, 0.05) is 17.2 Å². The van der Waals surface area contributed by atoms with Crippen molar-refractivity contribution in [2.45, 2.75) is 32.1 Å². The largest absolute Gasteiger partial charge is 0.546 e. The number of ether oxygens (including phenoxy) is 1. The van der Waals surface area contributed by atoms with Crippen LogP contribution in [0.5, 0.6) is 5.75 Å². The monoisotopic (exact) mass is 478 g/mol. The minimum absolute atomic E-state index is 0.363. The summed E-state index contributed by atoms with van der Waals surface area (Å²) in [5.41, 5.74) is 5.33. The molecule has 0 aliphatic heterocycles. The van der Waals surface area contributed by atoms with Gasteiger partial charge in [-0.25, -0.2) is 4.98 Å². The van der Waals surface area contributed by atoms with Gasteiger partial charge in [0.15, 0.2) is 5.76 Å². The average molecular weight is 479 g/mol. The molecule has 1 atom stereocenters. The fraction of sp³-hybridized carbons (Fsp3) is 0.226. The zero-order valence-corrected chi connectivity index (χ0v) is 20.1. The van der Waals surface area contributed by atoms with Crippen LogP contribution in [0.1, 0.15) is 37.1 Å². The van der Waals surface area contributed by atoms with Crippen LogP contribution in [0.15, 0.2) is 94.9 Å². The van der Waals surface area contributed by atoms with Crippen molar-refractivity contribution in [3.8, 4) is 28.3 Å². The highest BCUT2D eigenvalue weighted by atomic mass is 16.5. The molecule has 0 radical (unpaired) electrons. The van der Waals surface area contributed by atoms with Gasteiger partial charge < -0.3 is 19.1 Å². The molecule has 1 aromatic heterocycles. The molecule has 36 heavy (non-hydrogen) atoms. The van der Waals surface area contributed by atoms with Gasteiger partial charge in [0.25, 0.3) is 0 Å². The third-order valence-corrected chi connectivity index (χ3v) is 6.57. The summed E-state index contributed by atoms with van der Waals surface area (Å²) in [6.45, 7) is -0.449. The number of rotatable bonds is 8. The van der Waals surface area contributed by atoms with Gasteiger partial charge in [-0.05, 0) is 49.3 Å².